The molecular formula is C19H19ClFN3O3. The van der Waals surface area contributed by atoms with Crippen molar-refractivity contribution in [2.75, 3.05) is 29.2 Å². The van der Waals surface area contributed by atoms with Crippen LogP contribution in [0.1, 0.15) is 12.8 Å². The summed E-state index contributed by atoms with van der Waals surface area (Å²) in [6.07, 6.45) is 0.662. The highest BCUT2D eigenvalue weighted by Crippen LogP contribution is 2.29. The zero-order valence-corrected chi connectivity index (χ0v) is 15.4. The minimum atomic E-state index is -0.757. The van der Waals surface area contributed by atoms with Gasteiger partial charge in [0.25, 0.3) is 0 Å². The summed E-state index contributed by atoms with van der Waals surface area (Å²) in [6, 6.07) is 10.9. The molecule has 6 nitrogen and oxygen atoms in total. The smallest absolute Gasteiger partial charge is 0.411 e. The molecule has 2 N–H and O–H groups in total. The van der Waals surface area contributed by atoms with E-state index in [0.29, 0.717) is 29.4 Å². The SMILES string of the molecule is COC(=O)Nc1ccc(NC2CCCN(c3ccccc3Cl)C2=O)cc1F. The summed E-state index contributed by atoms with van der Waals surface area (Å²) in [5.74, 6) is -0.747. The second-order valence-corrected chi connectivity index (χ2v) is 6.50. The monoisotopic (exact) mass is 391 g/mol. The van der Waals surface area contributed by atoms with Gasteiger partial charge >= 0.3 is 6.09 Å². The molecule has 0 aromatic heterocycles. The van der Waals surface area contributed by atoms with Crippen LogP contribution in [-0.2, 0) is 9.53 Å². The molecule has 1 atom stereocenters. The fourth-order valence-corrected chi connectivity index (χ4v) is 3.23. The Kier molecular flexibility index (Phi) is 5.81. The van der Waals surface area contributed by atoms with Crippen molar-refractivity contribution in [3.63, 3.8) is 0 Å². The molecule has 0 saturated carbocycles. The highest BCUT2D eigenvalue weighted by atomic mass is 35.5. The summed E-state index contributed by atoms with van der Waals surface area (Å²) < 4.78 is 18.6. The Bertz CT molecular complexity index is 862. The van der Waals surface area contributed by atoms with Gasteiger partial charge in [0, 0.05) is 12.2 Å². The van der Waals surface area contributed by atoms with Crippen molar-refractivity contribution in [3.8, 4) is 0 Å². The molecule has 0 radical (unpaired) electrons. The summed E-state index contributed by atoms with van der Waals surface area (Å²) >= 11 is 6.21. The third kappa shape index (κ3) is 4.31. The van der Waals surface area contributed by atoms with E-state index in [1.54, 1.807) is 23.1 Å². The largest absolute Gasteiger partial charge is 0.453 e. The van der Waals surface area contributed by atoms with Gasteiger partial charge in [-0.25, -0.2) is 9.18 Å². The molecule has 0 spiro atoms. The first-order valence-electron chi connectivity index (χ1n) is 8.46. The van der Waals surface area contributed by atoms with E-state index >= 15 is 0 Å². The molecule has 1 heterocycles. The first-order valence-corrected chi connectivity index (χ1v) is 8.84. The highest BCUT2D eigenvalue weighted by molar-refractivity contribution is 6.33. The maximum Gasteiger partial charge on any atom is 0.411 e. The van der Waals surface area contributed by atoms with E-state index in [1.807, 2.05) is 12.1 Å². The molecule has 8 heteroatoms. The Balaban J connectivity index is 1.73. The zero-order valence-electron chi connectivity index (χ0n) is 14.7. The molecule has 1 unspecified atom stereocenters. The minimum Gasteiger partial charge on any atom is -0.453 e. The van der Waals surface area contributed by atoms with E-state index < -0.39 is 18.0 Å². The van der Waals surface area contributed by atoms with Gasteiger partial charge in [0.15, 0.2) is 0 Å². The number of para-hydroxylation sites is 1. The number of carbonyl (C=O) groups is 2. The lowest BCUT2D eigenvalue weighted by atomic mass is 10.0. The van der Waals surface area contributed by atoms with Crippen LogP contribution in [0.5, 0.6) is 0 Å². The average Bonchev–Trinajstić information content (AvgIpc) is 2.66. The summed E-state index contributed by atoms with van der Waals surface area (Å²) in [5, 5.41) is 5.86. The van der Waals surface area contributed by atoms with Crippen molar-refractivity contribution in [1.29, 1.82) is 0 Å². The molecule has 1 fully saturated rings. The topological polar surface area (TPSA) is 70.7 Å². The van der Waals surface area contributed by atoms with E-state index in [0.717, 1.165) is 6.42 Å². The summed E-state index contributed by atoms with van der Waals surface area (Å²) in [4.78, 5) is 25.7. The molecule has 3 rings (SSSR count). The number of nitrogens with one attached hydrogen (secondary N) is 2. The number of methoxy groups -OCH3 is 1. The van der Waals surface area contributed by atoms with Gasteiger partial charge in [-0.05, 0) is 43.2 Å². The van der Waals surface area contributed by atoms with Crippen LogP contribution in [0.4, 0.5) is 26.2 Å². The van der Waals surface area contributed by atoms with Gasteiger partial charge < -0.3 is 15.0 Å². The van der Waals surface area contributed by atoms with E-state index in [9.17, 15) is 14.0 Å². The van der Waals surface area contributed by atoms with E-state index in [4.69, 9.17) is 11.6 Å². The van der Waals surface area contributed by atoms with Crippen molar-refractivity contribution in [3.05, 3.63) is 53.3 Å². The lowest BCUT2D eigenvalue weighted by molar-refractivity contribution is -0.120. The standard InChI is InChI=1S/C19H19ClFN3O3/c1-27-19(26)23-15-9-8-12(11-14(15)21)22-16-6-4-10-24(18(16)25)17-7-3-2-5-13(17)20/h2-3,5,7-9,11,16,22H,4,6,10H2,1H3,(H,23,26). The second kappa shape index (κ2) is 8.26. The molecule has 142 valence electrons. The average molecular weight is 392 g/mol. The maximum absolute atomic E-state index is 14.2. The highest BCUT2D eigenvalue weighted by Gasteiger charge is 2.30. The van der Waals surface area contributed by atoms with E-state index in [1.165, 1.54) is 19.2 Å². The van der Waals surface area contributed by atoms with Gasteiger partial charge in [0.2, 0.25) is 5.91 Å². The summed E-state index contributed by atoms with van der Waals surface area (Å²) in [5.41, 5.74) is 1.11. The normalized spacial score (nSPS) is 16.8. The third-order valence-electron chi connectivity index (χ3n) is 4.31. The van der Waals surface area contributed by atoms with Gasteiger partial charge in [0.1, 0.15) is 11.9 Å². The predicted octanol–water partition coefficient (Wildman–Crippen LogP) is 4.26. The van der Waals surface area contributed by atoms with Crippen molar-refractivity contribution in [2.24, 2.45) is 0 Å². The van der Waals surface area contributed by atoms with E-state index in [2.05, 4.69) is 15.4 Å². The Morgan fingerprint density at radius 1 is 1.30 bits per heavy atom. The number of nitrogens with zero attached hydrogens (tertiary/aromatic N) is 1. The van der Waals surface area contributed by atoms with Gasteiger partial charge in [0.05, 0.1) is 23.5 Å². The van der Waals surface area contributed by atoms with Crippen molar-refractivity contribution in [2.45, 2.75) is 18.9 Å². The van der Waals surface area contributed by atoms with Crippen LogP contribution in [0.15, 0.2) is 42.5 Å². The minimum absolute atomic E-state index is 0.0000598. The molecular weight excluding hydrogens is 373 g/mol. The van der Waals surface area contributed by atoms with Crippen molar-refractivity contribution < 1.29 is 18.7 Å². The number of piperidine rings is 1. The van der Waals surface area contributed by atoms with Crippen molar-refractivity contribution >= 4 is 40.7 Å². The van der Waals surface area contributed by atoms with Gasteiger partial charge in [-0.1, -0.05) is 23.7 Å². The van der Waals surface area contributed by atoms with E-state index in [-0.39, 0.29) is 11.6 Å². The molecule has 1 aliphatic rings. The fourth-order valence-electron chi connectivity index (χ4n) is 2.99. The molecule has 1 saturated heterocycles. The Hall–Kier alpha value is -2.80. The number of amides is 2. The van der Waals surface area contributed by atoms with Gasteiger partial charge in [-0.15, -0.1) is 0 Å². The molecule has 2 amide bonds. The first kappa shape index (κ1) is 19.0. The number of ether oxygens (including phenoxy) is 1. The number of anilines is 3. The van der Waals surface area contributed by atoms with Crippen molar-refractivity contribution in [1.82, 2.24) is 0 Å². The first-order chi connectivity index (χ1) is 13.0. The van der Waals surface area contributed by atoms with Crippen LogP contribution in [0, 0.1) is 5.82 Å². The maximum atomic E-state index is 14.2. The quantitative estimate of drug-likeness (QED) is 0.816. The second-order valence-electron chi connectivity index (χ2n) is 6.09. The Morgan fingerprint density at radius 2 is 2.07 bits per heavy atom. The van der Waals surface area contributed by atoms with Crippen LogP contribution in [0.3, 0.4) is 0 Å². The Labute approximate surface area is 161 Å². The number of halogens is 2. The van der Waals surface area contributed by atoms with Gasteiger partial charge in [-0.2, -0.15) is 0 Å². The summed E-state index contributed by atoms with van der Waals surface area (Å²) in [6.45, 7) is 0.580. The fraction of sp³-hybridized carbons (Fsp3) is 0.263. The lowest BCUT2D eigenvalue weighted by Gasteiger charge is -2.33. The third-order valence-corrected chi connectivity index (χ3v) is 4.63. The number of hydrogen-bond acceptors (Lipinski definition) is 4. The molecule has 0 bridgehead atoms. The van der Waals surface area contributed by atoms with Crippen LogP contribution in [-0.4, -0.2) is 31.7 Å². The molecule has 27 heavy (non-hydrogen) atoms. The number of benzene rings is 2. The number of rotatable bonds is 4. The number of carbonyl (C=O) groups excluding carboxylic acids is 2. The molecule has 1 aliphatic heterocycles. The zero-order chi connectivity index (χ0) is 19.4. The van der Waals surface area contributed by atoms with Crippen LogP contribution in [0.25, 0.3) is 0 Å². The lowest BCUT2D eigenvalue weighted by Crippen LogP contribution is -2.47. The van der Waals surface area contributed by atoms with Crippen LogP contribution in [0.2, 0.25) is 5.02 Å². The molecule has 0 aliphatic carbocycles. The molecule has 2 aromatic rings. The number of hydrogen-bond donors (Lipinski definition) is 2. The predicted molar refractivity (Wildman–Crippen MR) is 103 cm³/mol. The summed E-state index contributed by atoms with van der Waals surface area (Å²) in [7, 11) is 1.20. The molecule has 2 aromatic carbocycles. The van der Waals surface area contributed by atoms with Crippen LogP contribution >= 0.6 is 11.6 Å². The Morgan fingerprint density at radius 3 is 2.78 bits per heavy atom. The van der Waals surface area contributed by atoms with Gasteiger partial charge in [-0.3, -0.25) is 10.1 Å². The van der Waals surface area contributed by atoms with Crippen LogP contribution < -0.4 is 15.5 Å².